The number of carbonyl (C=O) groups is 1. The van der Waals surface area contributed by atoms with Crippen molar-refractivity contribution in [2.45, 2.75) is 63.3 Å². The van der Waals surface area contributed by atoms with Gasteiger partial charge in [0.05, 0.1) is 12.3 Å². The highest BCUT2D eigenvalue weighted by Gasteiger charge is 2.54. The summed E-state index contributed by atoms with van der Waals surface area (Å²) in [7, 11) is 0. The first-order chi connectivity index (χ1) is 13.7. The topological polar surface area (TPSA) is 83.6 Å². The fourth-order valence-corrected chi connectivity index (χ4v) is 4.53. The molecule has 0 radical (unpaired) electrons. The molecule has 3 aliphatic rings. The molecule has 1 saturated heterocycles. The number of pyridine rings is 1. The summed E-state index contributed by atoms with van der Waals surface area (Å²) in [5.74, 6) is -0.180. The van der Waals surface area contributed by atoms with Crippen molar-refractivity contribution >= 4 is 17.7 Å². The van der Waals surface area contributed by atoms with Crippen LogP contribution >= 0.6 is 0 Å². The Kier molecular flexibility index (Phi) is 5.07. The zero-order valence-corrected chi connectivity index (χ0v) is 17.4. The molecule has 7 heteroatoms. The van der Waals surface area contributed by atoms with Crippen LogP contribution in [0.1, 0.15) is 45.6 Å². The second kappa shape index (κ2) is 7.29. The number of carbonyl (C=O) groups excluding carboxylic acids is 1. The van der Waals surface area contributed by atoms with Gasteiger partial charge in [0.1, 0.15) is 0 Å². The summed E-state index contributed by atoms with van der Waals surface area (Å²) in [5.41, 5.74) is 5.86. The smallest absolute Gasteiger partial charge is 0.265 e. The number of nitrogens with zero attached hydrogens (tertiary/aromatic N) is 3. The lowest BCUT2D eigenvalue weighted by Gasteiger charge is -2.41. The molecule has 2 fully saturated rings. The van der Waals surface area contributed by atoms with E-state index < -0.39 is 23.2 Å². The van der Waals surface area contributed by atoms with Crippen LogP contribution < -0.4 is 11.1 Å². The predicted molar refractivity (Wildman–Crippen MR) is 112 cm³/mol. The molecule has 3 N–H and O–H groups in total. The molecule has 0 spiro atoms. The van der Waals surface area contributed by atoms with Crippen molar-refractivity contribution in [1.82, 2.24) is 15.2 Å². The number of nitrogens with two attached hydrogens (primary N) is 1. The minimum absolute atomic E-state index is 0.0450. The number of likely N-dealkylation sites (tertiary alicyclic amines) is 1. The summed E-state index contributed by atoms with van der Waals surface area (Å²) in [6, 6.07) is 2.87. The van der Waals surface area contributed by atoms with E-state index >= 15 is 4.39 Å². The van der Waals surface area contributed by atoms with Crippen molar-refractivity contribution in [3.8, 4) is 0 Å². The van der Waals surface area contributed by atoms with E-state index in [1.54, 1.807) is 12.4 Å². The minimum atomic E-state index is -2.27. The third-order valence-electron chi connectivity index (χ3n) is 6.42. The van der Waals surface area contributed by atoms with E-state index in [9.17, 15) is 4.79 Å². The first-order valence-corrected chi connectivity index (χ1v) is 10.4. The van der Waals surface area contributed by atoms with Crippen molar-refractivity contribution in [3.05, 3.63) is 35.8 Å². The first-order valence-electron chi connectivity index (χ1n) is 10.4. The Morgan fingerprint density at radius 1 is 1.45 bits per heavy atom. The molecule has 3 heterocycles. The normalized spacial score (nSPS) is 33.8. The molecule has 1 amide bonds. The second-order valence-electron chi connectivity index (χ2n) is 9.14. The van der Waals surface area contributed by atoms with E-state index in [0.717, 1.165) is 24.8 Å². The number of aliphatic imine (C=N–C) groups is 1. The van der Waals surface area contributed by atoms with Crippen molar-refractivity contribution in [1.29, 1.82) is 0 Å². The quantitative estimate of drug-likeness (QED) is 0.796. The van der Waals surface area contributed by atoms with E-state index in [4.69, 9.17) is 5.73 Å². The predicted octanol–water partition coefficient (Wildman–Crippen LogP) is 2.31. The molecule has 4 atom stereocenters. The summed E-state index contributed by atoms with van der Waals surface area (Å²) in [4.78, 5) is 23.7. The number of hydrogen-bond donors (Lipinski definition) is 2. The third kappa shape index (κ3) is 3.85. The van der Waals surface area contributed by atoms with Gasteiger partial charge in [-0.25, -0.2) is 4.39 Å². The van der Waals surface area contributed by atoms with Gasteiger partial charge in [-0.05, 0) is 57.6 Å². The Morgan fingerprint density at radius 3 is 2.79 bits per heavy atom. The van der Waals surface area contributed by atoms with Crippen LogP contribution in [0.5, 0.6) is 0 Å². The molecular weight excluding hydrogens is 369 g/mol. The highest BCUT2D eigenvalue weighted by molar-refractivity contribution is 6.07. The van der Waals surface area contributed by atoms with E-state index in [1.165, 1.54) is 6.21 Å². The van der Waals surface area contributed by atoms with E-state index in [1.807, 2.05) is 37.8 Å². The van der Waals surface area contributed by atoms with E-state index in [0.29, 0.717) is 30.3 Å². The van der Waals surface area contributed by atoms with Crippen LogP contribution in [0.15, 0.2) is 35.2 Å². The van der Waals surface area contributed by atoms with Crippen LogP contribution in [0, 0.1) is 5.92 Å². The van der Waals surface area contributed by atoms with Gasteiger partial charge in [-0.1, -0.05) is 6.07 Å². The summed E-state index contributed by atoms with van der Waals surface area (Å²) < 4.78 is 16.6. The van der Waals surface area contributed by atoms with Gasteiger partial charge < -0.3 is 11.1 Å². The molecule has 29 heavy (non-hydrogen) atoms. The maximum absolute atomic E-state index is 16.6. The number of nitrogens with one attached hydrogen (secondary N) is 1. The highest BCUT2D eigenvalue weighted by Crippen LogP contribution is 2.41. The Labute approximate surface area is 171 Å². The zero-order chi connectivity index (χ0) is 20.8. The fraction of sp³-hybridized carbons (Fsp3) is 0.591. The van der Waals surface area contributed by atoms with Crippen molar-refractivity contribution in [2.75, 3.05) is 13.1 Å². The molecular formula is C22H30FN5O. The SMILES string of the molecule is CC1=C(c2cccnc2)C(N2CC[C@](C)(N)C2)C(F)(C(=O)NC(C)C2CC2)C=N1. The van der Waals surface area contributed by atoms with Crippen molar-refractivity contribution < 1.29 is 9.18 Å². The molecule has 3 unspecified atom stereocenters. The van der Waals surface area contributed by atoms with E-state index in [2.05, 4.69) is 15.3 Å². The number of allylic oxidation sites excluding steroid dienone is 1. The Balaban J connectivity index is 1.74. The first kappa shape index (κ1) is 20.2. The molecule has 1 aliphatic carbocycles. The van der Waals surface area contributed by atoms with Gasteiger partial charge in [0.25, 0.3) is 5.91 Å². The lowest BCUT2D eigenvalue weighted by Crippen LogP contribution is -2.62. The summed E-state index contributed by atoms with van der Waals surface area (Å²) in [6.07, 6.45) is 7.48. The number of aromatic nitrogens is 1. The van der Waals surface area contributed by atoms with Gasteiger partial charge >= 0.3 is 0 Å². The molecule has 1 saturated carbocycles. The lowest BCUT2D eigenvalue weighted by molar-refractivity contribution is -0.131. The van der Waals surface area contributed by atoms with Crippen molar-refractivity contribution in [3.63, 3.8) is 0 Å². The van der Waals surface area contributed by atoms with Crippen LogP contribution in [0.3, 0.4) is 0 Å². The van der Waals surface area contributed by atoms with Gasteiger partial charge in [0.2, 0.25) is 5.67 Å². The molecule has 4 rings (SSSR count). The maximum atomic E-state index is 16.6. The maximum Gasteiger partial charge on any atom is 0.265 e. The molecule has 156 valence electrons. The summed E-state index contributed by atoms with van der Waals surface area (Å²) in [6.45, 7) is 6.91. The van der Waals surface area contributed by atoms with Gasteiger partial charge in [-0.2, -0.15) is 0 Å². The zero-order valence-electron chi connectivity index (χ0n) is 17.4. The van der Waals surface area contributed by atoms with Crippen LogP contribution in [0.2, 0.25) is 0 Å². The van der Waals surface area contributed by atoms with Crippen LogP contribution in [-0.4, -0.2) is 58.4 Å². The van der Waals surface area contributed by atoms with E-state index in [-0.39, 0.29) is 6.04 Å². The molecule has 6 nitrogen and oxygen atoms in total. The average Bonchev–Trinajstić information content (AvgIpc) is 3.47. The van der Waals surface area contributed by atoms with Crippen LogP contribution in [0.25, 0.3) is 5.57 Å². The number of hydrogen-bond acceptors (Lipinski definition) is 5. The fourth-order valence-electron chi connectivity index (χ4n) is 4.53. The Bertz CT molecular complexity index is 848. The van der Waals surface area contributed by atoms with Gasteiger partial charge in [-0.3, -0.25) is 19.7 Å². The summed E-state index contributed by atoms with van der Waals surface area (Å²) >= 11 is 0. The monoisotopic (exact) mass is 399 g/mol. The Hall–Kier alpha value is -2.12. The minimum Gasteiger partial charge on any atom is -0.350 e. The standard InChI is InChI=1S/C22H30FN5O/c1-14(16-6-7-16)27-20(29)22(23)12-26-15(2)18(17-5-4-9-25-11-17)19(22)28-10-8-21(3,24)13-28/h4-5,9,11-12,14,16,19H,6-8,10,13,24H2,1-3H3,(H,27,29)/t14?,19?,21-,22?/m0/s1. The highest BCUT2D eigenvalue weighted by atomic mass is 19.1. The summed E-state index contributed by atoms with van der Waals surface area (Å²) in [5, 5.41) is 2.91. The molecule has 0 bridgehead atoms. The number of halogens is 1. The largest absolute Gasteiger partial charge is 0.350 e. The third-order valence-corrected chi connectivity index (χ3v) is 6.42. The molecule has 1 aromatic rings. The molecule has 0 aromatic carbocycles. The average molecular weight is 400 g/mol. The molecule has 1 aromatic heterocycles. The van der Waals surface area contributed by atoms with Gasteiger partial charge in [0.15, 0.2) is 0 Å². The molecule has 2 aliphatic heterocycles. The van der Waals surface area contributed by atoms with Gasteiger partial charge in [0, 0.05) is 48.3 Å². The number of rotatable bonds is 5. The number of alkyl halides is 1. The van der Waals surface area contributed by atoms with Gasteiger partial charge in [-0.15, -0.1) is 0 Å². The lowest BCUT2D eigenvalue weighted by atomic mass is 9.82. The number of amides is 1. The van der Waals surface area contributed by atoms with Crippen molar-refractivity contribution in [2.24, 2.45) is 16.6 Å². The second-order valence-corrected chi connectivity index (χ2v) is 9.14. The van der Waals surface area contributed by atoms with Crippen LogP contribution in [-0.2, 0) is 4.79 Å². The Morgan fingerprint density at radius 2 is 2.21 bits per heavy atom. The van der Waals surface area contributed by atoms with Crippen LogP contribution in [0.4, 0.5) is 4.39 Å².